The molecule has 1 aromatic carbocycles. The first-order chi connectivity index (χ1) is 9.69. The van der Waals surface area contributed by atoms with Gasteiger partial charge >= 0.3 is 0 Å². The van der Waals surface area contributed by atoms with Crippen LogP contribution in [0.5, 0.6) is 5.75 Å². The van der Waals surface area contributed by atoms with E-state index in [1.54, 1.807) is 0 Å². The average molecular weight is 275 g/mol. The molecule has 3 nitrogen and oxygen atoms in total. The molecule has 1 unspecified atom stereocenters. The Morgan fingerprint density at radius 2 is 1.90 bits per heavy atom. The standard InChI is InChI=1S/C17H25NO2/c1-3-16(20-15-11-9-13(2)10-12-15)17(19)18-14-7-5-4-6-8-14/h9-12,14,16H,3-8H2,1-2H3,(H,18,19). The predicted octanol–water partition coefficient (Wildman–Crippen LogP) is 3.60. The highest BCUT2D eigenvalue weighted by molar-refractivity contribution is 5.81. The van der Waals surface area contributed by atoms with Crippen molar-refractivity contribution in [3.05, 3.63) is 29.8 Å². The molecule has 2 rings (SSSR count). The van der Waals surface area contributed by atoms with Crippen molar-refractivity contribution in [2.75, 3.05) is 0 Å². The maximum atomic E-state index is 12.3. The third kappa shape index (κ3) is 4.26. The summed E-state index contributed by atoms with van der Waals surface area (Å²) in [5.74, 6) is 0.793. The van der Waals surface area contributed by atoms with Gasteiger partial charge in [0, 0.05) is 6.04 Å². The molecule has 1 aliphatic carbocycles. The number of ether oxygens (including phenoxy) is 1. The van der Waals surface area contributed by atoms with Crippen molar-refractivity contribution < 1.29 is 9.53 Å². The summed E-state index contributed by atoms with van der Waals surface area (Å²) >= 11 is 0. The first-order valence-electron chi connectivity index (χ1n) is 7.72. The second kappa shape index (κ2) is 7.32. The topological polar surface area (TPSA) is 38.3 Å². The molecule has 0 bridgehead atoms. The summed E-state index contributed by atoms with van der Waals surface area (Å²) in [6, 6.07) is 8.19. The minimum absolute atomic E-state index is 0.0278. The summed E-state index contributed by atoms with van der Waals surface area (Å²) in [5.41, 5.74) is 1.19. The van der Waals surface area contributed by atoms with E-state index in [1.807, 2.05) is 38.1 Å². The molecule has 0 spiro atoms. The summed E-state index contributed by atoms with van der Waals surface area (Å²) in [7, 11) is 0. The van der Waals surface area contributed by atoms with E-state index in [-0.39, 0.29) is 12.0 Å². The number of nitrogens with one attached hydrogen (secondary N) is 1. The average Bonchev–Trinajstić information content (AvgIpc) is 2.47. The molecule has 1 fully saturated rings. The van der Waals surface area contributed by atoms with Crippen molar-refractivity contribution in [3.8, 4) is 5.75 Å². The van der Waals surface area contributed by atoms with Gasteiger partial charge in [-0.2, -0.15) is 0 Å². The number of hydrogen-bond acceptors (Lipinski definition) is 2. The van der Waals surface area contributed by atoms with Crippen LogP contribution in [0.1, 0.15) is 51.0 Å². The zero-order valence-corrected chi connectivity index (χ0v) is 12.5. The van der Waals surface area contributed by atoms with E-state index >= 15 is 0 Å². The number of benzene rings is 1. The van der Waals surface area contributed by atoms with Gasteiger partial charge in [0.15, 0.2) is 6.10 Å². The van der Waals surface area contributed by atoms with Gasteiger partial charge < -0.3 is 10.1 Å². The first-order valence-corrected chi connectivity index (χ1v) is 7.72. The Bertz CT molecular complexity index is 421. The molecule has 110 valence electrons. The molecule has 1 atom stereocenters. The fourth-order valence-electron chi connectivity index (χ4n) is 2.64. The van der Waals surface area contributed by atoms with Crippen LogP contribution >= 0.6 is 0 Å². The summed E-state index contributed by atoms with van der Waals surface area (Å²) in [6.07, 6.45) is 6.25. The maximum Gasteiger partial charge on any atom is 0.261 e. The highest BCUT2D eigenvalue weighted by atomic mass is 16.5. The van der Waals surface area contributed by atoms with Crippen molar-refractivity contribution >= 4 is 5.91 Å². The molecule has 1 aliphatic rings. The predicted molar refractivity (Wildman–Crippen MR) is 80.9 cm³/mol. The van der Waals surface area contributed by atoms with Crippen LogP contribution in [0.25, 0.3) is 0 Å². The van der Waals surface area contributed by atoms with Gasteiger partial charge in [-0.05, 0) is 38.3 Å². The summed E-state index contributed by atoms with van der Waals surface area (Å²) in [4.78, 5) is 12.3. The number of carbonyl (C=O) groups excluding carboxylic acids is 1. The van der Waals surface area contributed by atoms with E-state index in [0.717, 1.165) is 18.6 Å². The molecule has 0 aromatic heterocycles. The van der Waals surface area contributed by atoms with Gasteiger partial charge in [0.25, 0.3) is 5.91 Å². The van der Waals surface area contributed by atoms with Crippen molar-refractivity contribution in [2.24, 2.45) is 0 Å². The fraction of sp³-hybridized carbons (Fsp3) is 0.588. The van der Waals surface area contributed by atoms with Crippen LogP contribution in [0.4, 0.5) is 0 Å². The van der Waals surface area contributed by atoms with Crippen LogP contribution < -0.4 is 10.1 Å². The van der Waals surface area contributed by atoms with Crippen LogP contribution in [0.3, 0.4) is 0 Å². The van der Waals surface area contributed by atoms with Crippen LogP contribution in [0, 0.1) is 6.92 Å². The lowest BCUT2D eigenvalue weighted by Crippen LogP contribution is -2.44. The van der Waals surface area contributed by atoms with Crippen LogP contribution in [0.15, 0.2) is 24.3 Å². The lowest BCUT2D eigenvalue weighted by atomic mass is 9.95. The molecule has 1 aromatic rings. The summed E-state index contributed by atoms with van der Waals surface area (Å²) in [6.45, 7) is 4.02. The van der Waals surface area contributed by atoms with Gasteiger partial charge in [0.1, 0.15) is 5.75 Å². The Morgan fingerprint density at radius 3 is 2.50 bits per heavy atom. The van der Waals surface area contributed by atoms with Gasteiger partial charge in [-0.15, -0.1) is 0 Å². The largest absolute Gasteiger partial charge is 0.481 e. The third-order valence-corrected chi connectivity index (χ3v) is 3.91. The molecular formula is C17H25NO2. The molecule has 0 heterocycles. The summed E-state index contributed by atoms with van der Waals surface area (Å²) < 4.78 is 5.81. The Labute approximate surface area is 121 Å². The molecule has 3 heteroatoms. The Balaban J connectivity index is 1.89. The minimum atomic E-state index is -0.389. The van der Waals surface area contributed by atoms with Gasteiger partial charge in [-0.3, -0.25) is 4.79 Å². The van der Waals surface area contributed by atoms with E-state index in [0.29, 0.717) is 12.5 Å². The molecule has 1 amide bonds. The molecular weight excluding hydrogens is 250 g/mol. The highest BCUT2D eigenvalue weighted by Gasteiger charge is 2.22. The van der Waals surface area contributed by atoms with E-state index in [9.17, 15) is 4.79 Å². The maximum absolute atomic E-state index is 12.3. The minimum Gasteiger partial charge on any atom is -0.481 e. The first kappa shape index (κ1) is 14.9. The SMILES string of the molecule is CCC(Oc1ccc(C)cc1)C(=O)NC1CCCCC1. The molecule has 1 N–H and O–H groups in total. The molecule has 1 saturated carbocycles. The highest BCUT2D eigenvalue weighted by Crippen LogP contribution is 2.19. The number of hydrogen-bond donors (Lipinski definition) is 1. The third-order valence-electron chi connectivity index (χ3n) is 3.91. The monoisotopic (exact) mass is 275 g/mol. The Morgan fingerprint density at radius 1 is 1.25 bits per heavy atom. The van der Waals surface area contributed by atoms with E-state index in [2.05, 4.69) is 5.32 Å². The molecule has 20 heavy (non-hydrogen) atoms. The lowest BCUT2D eigenvalue weighted by Gasteiger charge is -2.25. The summed E-state index contributed by atoms with van der Waals surface area (Å²) in [5, 5.41) is 3.14. The lowest BCUT2D eigenvalue weighted by molar-refractivity contribution is -0.129. The second-order valence-electron chi connectivity index (χ2n) is 5.67. The quantitative estimate of drug-likeness (QED) is 0.891. The van der Waals surface area contributed by atoms with Crippen LogP contribution in [0.2, 0.25) is 0 Å². The number of carbonyl (C=O) groups is 1. The van der Waals surface area contributed by atoms with Gasteiger partial charge in [0.2, 0.25) is 0 Å². The van der Waals surface area contributed by atoms with E-state index in [1.165, 1.54) is 24.8 Å². The zero-order valence-electron chi connectivity index (χ0n) is 12.5. The normalized spacial score (nSPS) is 17.5. The zero-order chi connectivity index (χ0) is 14.4. The Kier molecular flexibility index (Phi) is 5.45. The van der Waals surface area contributed by atoms with Crippen molar-refractivity contribution in [3.63, 3.8) is 0 Å². The van der Waals surface area contributed by atoms with E-state index in [4.69, 9.17) is 4.74 Å². The second-order valence-corrected chi connectivity index (χ2v) is 5.67. The van der Waals surface area contributed by atoms with Crippen LogP contribution in [-0.4, -0.2) is 18.1 Å². The molecule has 0 saturated heterocycles. The molecule has 0 aliphatic heterocycles. The fourth-order valence-corrected chi connectivity index (χ4v) is 2.64. The smallest absolute Gasteiger partial charge is 0.261 e. The number of aryl methyl sites for hydroxylation is 1. The van der Waals surface area contributed by atoms with Crippen molar-refractivity contribution in [1.82, 2.24) is 5.32 Å². The van der Waals surface area contributed by atoms with Crippen molar-refractivity contribution in [1.29, 1.82) is 0 Å². The van der Waals surface area contributed by atoms with Gasteiger partial charge in [0.05, 0.1) is 0 Å². The number of amides is 1. The Hall–Kier alpha value is -1.51. The van der Waals surface area contributed by atoms with Crippen molar-refractivity contribution in [2.45, 2.75) is 64.5 Å². The number of rotatable bonds is 5. The van der Waals surface area contributed by atoms with Gasteiger partial charge in [-0.25, -0.2) is 0 Å². The van der Waals surface area contributed by atoms with E-state index < -0.39 is 0 Å². The molecule has 0 radical (unpaired) electrons. The van der Waals surface area contributed by atoms with Crippen LogP contribution in [-0.2, 0) is 4.79 Å². The van der Waals surface area contributed by atoms with Gasteiger partial charge in [-0.1, -0.05) is 43.9 Å².